The summed E-state index contributed by atoms with van der Waals surface area (Å²) in [5.74, 6) is -0.855. The molecule has 0 radical (unpaired) electrons. The zero-order valence-corrected chi connectivity index (χ0v) is 12.4. The first-order valence-electron chi connectivity index (χ1n) is 7.15. The molecule has 0 saturated heterocycles. The highest BCUT2D eigenvalue weighted by molar-refractivity contribution is 7.09. The molecule has 0 aliphatic heterocycles. The highest BCUT2D eigenvalue weighted by atomic mass is 32.1. The van der Waals surface area contributed by atoms with E-state index in [1.54, 1.807) is 11.3 Å². The molecule has 1 aliphatic carbocycles. The number of nitrogens with one attached hydrogen (secondary N) is 1. The van der Waals surface area contributed by atoms with Crippen LogP contribution in [-0.4, -0.2) is 22.5 Å². The van der Waals surface area contributed by atoms with E-state index in [9.17, 15) is 9.59 Å². The lowest BCUT2D eigenvalue weighted by atomic mass is 9.79. The molecule has 2 rings (SSSR count). The first kappa shape index (κ1) is 15.0. The van der Waals surface area contributed by atoms with Crippen LogP contribution in [0.5, 0.6) is 0 Å². The summed E-state index contributed by atoms with van der Waals surface area (Å²) >= 11 is 1.65. The number of carboxylic acid groups (broad SMARTS) is 1. The minimum Gasteiger partial charge on any atom is -0.481 e. The molecule has 110 valence electrons. The number of amides is 1. The van der Waals surface area contributed by atoms with Gasteiger partial charge >= 0.3 is 5.97 Å². The van der Waals surface area contributed by atoms with Gasteiger partial charge in [0.15, 0.2) is 0 Å². The highest BCUT2D eigenvalue weighted by Gasteiger charge is 2.35. The van der Waals surface area contributed by atoms with E-state index in [1.165, 1.54) is 4.88 Å². The normalized spacial score (nSPS) is 17.6. The summed E-state index contributed by atoms with van der Waals surface area (Å²) in [6.45, 7) is 0. The van der Waals surface area contributed by atoms with Crippen molar-refractivity contribution in [2.75, 3.05) is 0 Å². The van der Waals surface area contributed by atoms with Gasteiger partial charge in [-0.3, -0.25) is 9.59 Å². The third-order valence-corrected chi connectivity index (χ3v) is 4.82. The molecule has 1 aliphatic rings. The number of aliphatic carboxylic acids is 1. The summed E-state index contributed by atoms with van der Waals surface area (Å²) < 4.78 is 0. The Hall–Kier alpha value is -1.36. The number of carboxylic acids is 1. The Bertz CT molecular complexity index is 450. The molecule has 0 bridgehead atoms. The van der Waals surface area contributed by atoms with Crippen molar-refractivity contribution in [2.45, 2.75) is 56.9 Å². The van der Waals surface area contributed by atoms with Crippen LogP contribution in [0.1, 0.15) is 49.8 Å². The molecule has 1 heterocycles. The van der Waals surface area contributed by atoms with E-state index in [-0.39, 0.29) is 12.3 Å². The first-order chi connectivity index (χ1) is 9.60. The van der Waals surface area contributed by atoms with E-state index in [2.05, 4.69) is 5.32 Å². The molecule has 1 amide bonds. The second-order valence-electron chi connectivity index (χ2n) is 5.54. The first-order valence-corrected chi connectivity index (χ1v) is 8.03. The molecule has 0 unspecified atom stereocenters. The zero-order valence-electron chi connectivity index (χ0n) is 11.6. The Morgan fingerprint density at radius 2 is 2.05 bits per heavy atom. The average Bonchev–Trinajstić information content (AvgIpc) is 2.89. The van der Waals surface area contributed by atoms with Gasteiger partial charge in [0.2, 0.25) is 5.91 Å². The topological polar surface area (TPSA) is 66.4 Å². The Morgan fingerprint density at radius 3 is 2.65 bits per heavy atom. The molecule has 1 aromatic rings. The molecule has 2 N–H and O–H groups in total. The summed E-state index contributed by atoms with van der Waals surface area (Å²) in [5, 5.41) is 14.1. The van der Waals surface area contributed by atoms with Gasteiger partial charge in [0.1, 0.15) is 0 Å². The Morgan fingerprint density at radius 1 is 1.30 bits per heavy atom. The van der Waals surface area contributed by atoms with Crippen LogP contribution in [0.4, 0.5) is 0 Å². The van der Waals surface area contributed by atoms with Gasteiger partial charge in [-0.15, -0.1) is 11.3 Å². The third kappa shape index (κ3) is 4.34. The number of rotatable bonds is 6. The van der Waals surface area contributed by atoms with Gasteiger partial charge in [0.05, 0.1) is 12.0 Å². The molecule has 4 nitrogen and oxygen atoms in total. The number of thiophene rings is 1. The molecular formula is C15H21NO3S. The predicted octanol–water partition coefficient (Wildman–Crippen LogP) is 2.97. The van der Waals surface area contributed by atoms with Crippen molar-refractivity contribution in [1.82, 2.24) is 5.32 Å². The van der Waals surface area contributed by atoms with Crippen LogP contribution in [0.15, 0.2) is 17.5 Å². The zero-order chi connectivity index (χ0) is 14.4. The smallest absolute Gasteiger partial charge is 0.305 e. The number of carbonyl (C=O) groups excluding carboxylic acids is 1. The van der Waals surface area contributed by atoms with Crippen molar-refractivity contribution < 1.29 is 14.7 Å². The van der Waals surface area contributed by atoms with E-state index in [1.807, 2.05) is 17.5 Å². The number of hydrogen-bond acceptors (Lipinski definition) is 3. The van der Waals surface area contributed by atoms with Crippen LogP contribution in [0, 0.1) is 0 Å². The predicted molar refractivity (Wildman–Crippen MR) is 78.9 cm³/mol. The van der Waals surface area contributed by atoms with E-state index >= 15 is 0 Å². The van der Waals surface area contributed by atoms with Gasteiger partial charge in [0, 0.05) is 11.3 Å². The van der Waals surface area contributed by atoms with Crippen molar-refractivity contribution in [2.24, 2.45) is 0 Å². The van der Waals surface area contributed by atoms with E-state index in [4.69, 9.17) is 5.11 Å². The fourth-order valence-corrected chi connectivity index (χ4v) is 3.62. The number of carbonyl (C=O) groups is 2. The second-order valence-corrected chi connectivity index (χ2v) is 6.57. The van der Waals surface area contributed by atoms with Gasteiger partial charge in [0.25, 0.3) is 0 Å². The fraction of sp³-hybridized carbons (Fsp3) is 0.600. The molecular weight excluding hydrogens is 274 g/mol. The summed E-state index contributed by atoms with van der Waals surface area (Å²) in [6, 6.07) is 4.00. The number of hydrogen-bond donors (Lipinski definition) is 2. The minimum absolute atomic E-state index is 0.0263. The fourth-order valence-electron chi connectivity index (χ4n) is 2.91. The van der Waals surface area contributed by atoms with Gasteiger partial charge in [-0.1, -0.05) is 25.3 Å². The summed E-state index contributed by atoms with van der Waals surface area (Å²) in [5.41, 5.74) is -0.517. The van der Waals surface area contributed by atoms with Gasteiger partial charge in [-0.2, -0.15) is 0 Å². The maximum absolute atomic E-state index is 12.1. The Kier molecular flexibility index (Phi) is 5.17. The lowest BCUT2D eigenvalue weighted by Gasteiger charge is -2.37. The van der Waals surface area contributed by atoms with Crippen LogP contribution >= 0.6 is 11.3 Å². The monoisotopic (exact) mass is 295 g/mol. The highest BCUT2D eigenvalue weighted by Crippen LogP contribution is 2.31. The third-order valence-electron chi connectivity index (χ3n) is 3.88. The molecule has 0 aromatic carbocycles. The maximum atomic E-state index is 12.1. The molecule has 1 fully saturated rings. The second kappa shape index (κ2) is 6.88. The van der Waals surface area contributed by atoms with Crippen LogP contribution in [-0.2, 0) is 16.0 Å². The lowest BCUT2D eigenvalue weighted by molar-refractivity contribution is -0.139. The van der Waals surface area contributed by atoms with Gasteiger partial charge < -0.3 is 10.4 Å². The van der Waals surface area contributed by atoms with Gasteiger partial charge in [-0.05, 0) is 30.7 Å². The molecule has 1 aromatic heterocycles. The standard InChI is InChI=1S/C15H21NO3S/c17-13(7-6-12-5-4-10-20-12)16-15(11-14(18)19)8-2-1-3-9-15/h4-5,10H,1-3,6-9,11H2,(H,16,17)(H,18,19). The van der Waals surface area contributed by atoms with Crippen LogP contribution < -0.4 is 5.32 Å². The number of aryl methyl sites for hydroxylation is 1. The van der Waals surface area contributed by atoms with Crippen molar-refractivity contribution >= 4 is 23.2 Å². The Balaban J connectivity index is 1.89. The maximum Gasteiger partial charge on any atom is 0.305 e. The minimum atomic E-state index is -0.828. The van der Waals surface area contributed by atoms with E-state index < -0.39 is 11.5 Å². The summed E-state index contributed by atoms with van der Waals surface area (Å²) in [7, 11) is 0. The molecule has 20 heavy (non-hydrogen) atoms. The largest absolute Gasteiger partial charge is 0.481 e. The van der Waals surface area contributed by atoms with Crippen LogP contribution in [0.3, 0.4) is 0 Å². The average molecular weight is 295 g/mol. The summed E-state index contributed by atoms with van der Waals surface area (Å²) in [4.78, 5) is 24.3. The quantitative estimate of drug-likeness (QED) is 0.848. The van der Waals surface area contributed by atoms with Crippen LogP contribution in [0.25, 0.3) is 0 Å². The lowest BCUT2D eigenvalue weighted by Crippen LogP contribution is -2.51. The van der Waals surface area contributed by atoms with Crippen molar-refractivity contribution in [1.29, 1.82) is 0 Å². The molecule has 1 saturated carbocycles. The van der Waals surface area contributed by atoms with Gasteiger partial charge in [-0.25, -0.2) is 0 Å². The van der Waals surface area contributed by atoms with Crippen LogP contribution in [0.2, 0.25) is 0 Å². The Labute approximate surface area is 123 Å². The summed E-state index contributed by atoms with van der Waals surface area (Å²) in [6.07, 6.45) is 5.89. The van der Waals surface area contributed by atoms with E-state index in [0.29, 0.717) is 6.42 Å². The van der Waals surface area contributed by atoms with E-state index in [0.717, 1.165) is 38.5 Å². The SMILES string of the molecule is O=C(O)CC1(NC(=O)CCc2cccs2)CCCCC1. The van der Waals surface area contributed by atoms with Crippen molar-refractivity contribution in [3.63, 3.8) is 0 Å². The van der Waals surface area contributed by atoms with Crippen molar-refractivity contribution in [3.8, 4) is 0 Å². The molecule has 5 heteroatoms. The van der Waals surface area contributed by atoms with Crippen molar-refractivity contribution in [3.05, 3.63) is 22.4 Å². The molecule has 0 spiro atoms. The molecule has 0 atom stereocenters.